The molecule has 5 heteroatoms. The number of nitrogen functional groups attached to an aromatic ring is 1. The molecule has 1 aliphatic rings. The Kier molecular flexibility index (Phi) is 3.83. The van der Waals surface area contributed by atoms with Crippen molar-refractivity contribution in [3.63, 3.8) is 0 Å². The first-order valence-electron chi connectivity index (χ1n) is 7.18. The fourth-order valence-corrected chi connectivity index (χ4v) is 2.86. The van der Waals surface area contributed by atoms with E-state index < -0.39 is 11.7 Å². The molecule has 2 aromatic carbocycles. The van der Waals surface area contributed by atoms with E-state index in [0.29, 0.717) is 6.54 Å². The minimum atomic E-state index is -4.28. The number of fused-ring (bicyclic) bond motifs is 1. The monoisotopic (exact) mass is 306 g/mol. The van der Waals surface area contributed by atoms with Gasteiger partial charge >= 0.3 is 6.18 Å². The normalized spacial score (nSPS) is 15.6. The Balaban J connectivity index is 1.71. The first-order chi connectivity index (χ1) is 10.4. The van der Waals surface area contributed by atoms with Crippen molar-refractivity contribution >= 4 is 5.69 Å². The minimum absolute atomic E-state index is 0.607. The van der Waals surface area contributed by atoms with Gasteiger partial charge in [0.05, 0.1) is 5.56 Å². The van der Waals surface area contributed by atoms with Gasteiger partial charge in [0.15, 0.2) is 0 Å². The predicted octanol–water partition coefficient (Wildman–Crippen LogP) is 3.85. The Morgan fingerprint density at radius 2 is 1.77 bits per heavy atom. The number of hydrogen-bond acceptors (Lipinski definition) is 2. The molecule has 0 saturated heterocycles. The molecule has 116 valence electrons. The van der Waals surface area contributed by atoms with Gasteiger partial charge in [0.2, 0.25) is 0 Å². The van der Waals surface area contributed by atoms with Crippen LogP contribution in [0.15, 0.2) is 42.5 Å². The molecule has 2 aromatic rings. The third-order valence-corrected chi connectivity index (χ3v) is 4.08. The number of rotatable bonds is 2. The van der Waals surface area contributed by atoms with E-state index in [0.717, 1.165) is 48.5 Å². The maximum absolute atomic E-state index is 12.6. The summed E-state index contributed by atoms with van der Waals surface area (Å²) in [6.45, 7) is 2.26. The average Bonchev–Trinajstić information content (AvgIpc) is 2.48. The molecule has 0 aromatic heterocycles. The number of alkyl halides is 3. The topological polar surface area (TPSA) is 29.3 Å². The van der Waals surface area contributed by atoms with E-state index in [-0.39, 0.29) is 0 Å². The highest BCUT2D eigenvalue weighted by molar-refractivity contribution is 5.51. The van der Waals surface area contributed by atoms with E-state index in [2.05, 4.69) is 11.0 Å². The standard InChI is InChI=1S/C17H17F3N2/c18-17(19,20)14-6-4-12(5-7-14)10-22-9-8-13-2-1-3-16(21)15(13)11-22/h1-7H,8-11,21H2. The molecule has 0 amide bonds. The molecule has 1 aliphatic heterocycles. The molecule has 0 radical (unpaired) electrons. The fraction of sp³-hybridized carbons (Fsp3) is 0.294. The summed E-state index contributed by atoms with van der Waals surface area (Å²) < 4.78 is 37.7. The average molecular weight is 306 g/mol. The van der Waals surface area contributed by atoms with Gasteiger partial charge in [-0.05, 0) is 41.3 Å². The summed E-state index contributed by atoms with van der Waals surface area (Å²) in [7, 11) is 0. The van der Waals surface area contributed by atoms with Gasteiger partial charge in [-0.15, -0.1) is 0 Å². The molecule has 1 heterocycles. The van der Waals surface area contributed by atoms with Gasteiger partial charge in [0, 0.05) is 25.3 Å². The van der Waals surface area contributed by atoms with Gasteiger partial charge in [-0.2, -0.15) is 13.2 Å². The number of hydrogen-bond donors (Lipinski definition) is 1. The highest BCUT2D eigenvalue weighted by atomic mass is 19.4. The quantitative estimate of drug-likeness (QED) is 0.854. The van der Waals surface area contributed by atoms with Crippen LogP contribution in [0.1, 0.15) is 22.3 Å². The van der Waals surface area contributed by atoms with Crippen LogP contribution in [0, 0.1) is 0 Å². The number of benzene rings is 2. The van der Waals surface area contributed by atoms with Gasteiger partial charge in [0.25, 0.3) is 0 Å². The molecule has 22 heavy (non-hydrogen) atoms. The fourth-order valence-electron chi connectivity index (χ4n) is 2.86. The molecule has 0 fully saturated rings. The molecule has 3 rings (SSSR count). The smallest absolute Gasteiger partial charge is 0.398 e. The first-order valence-corrected chi connectivity index (χ1v) is 7.18. The van der Waals surface area contributed by atoms with Gasteiger partial charge in [-0.3, -0.25) is 4.90 Å². The largest absolute Gasteiger partial charge is 0.416 e. The van der Waals surface area contributed by atoms with Gasteiger partial charge in [-0.1, -0.05) is 24.3 Å². The summed E-state index contributed by atoms with van der Waals surface area (Å²) >= 11 is 0. The van der Waals surface area contributed by atoms with Crippen molar-refractivity contribution in [1.82, 2.24) is 4.90 Å². The molecule has 0 saturated carbocycles. The zero-order valence-corrected chi connectivity index (χ0v) is 12.0. The van der Waals surface area contributed by atoms with Crippen LogP contribution in [0.3, 0.4) is 0 Å². The SMILES string of the molecule is Nc1cccc2c1CN(Cc1ccc(C(F)(F)F)cc1)CC2. The van der Waals surface area contributed by atoms with E-state index in [1.807, 2.05) is 12.1 Å². The molecule has 2 N–H and O–H groups in total. The van der Waals surface area contributed by atoms with Crippen molar-refractivity contribution in [3.05, 3.63) is 64.7 Å². The third kappa shape index (κ3) is 3.09. The molecule has 0 bridgehead atoms. The third-order valence-electron chi connectivity index (χ3n) is 4.08. The van der Waals surface area contributed by atoms with Gasteiger partial charge in [-0.25, -0.2) is 0 Å². The van der Waals surface area contributed by atoms with Gasteiger partial charge < -0.3 is 5.73 Å². The molecule has 2 nitrogen and oxygen atoms in total. The van der Waals surface area contributed by atoms with E-state index in [4.69, 9.17) is 5.73 Å². The predicted molar refractivity (Wildman–Crippen MR) is 80.1 cm³/mol. The summed E-state index contributed by atoms with van der Waals surface area (Å²) in [5.41, 5.74) is 9.48. The van der Waals surface area contributed by atoms with Crippen LogP contribution in [-0.4, -0.2) is 11.4 Å². The molecule has 0 atom stereocenters. The highest BCUT2D eigenvalue weighted by Crippen LogP contribution is 2.30. The van der Waals surface area contributed by atoms with Crippen LogP contribution in [0.25, 0.3) is 0 Å². The lowest BCUT2D eigenvalue weighted by atomic mass is 9.97. The molecular formula is C17H17F3N2. The summed E-state index contributed by atoms with van der Waals surface area (Å²) in [6.07, 6.45) is -3.36. The Morgan fingerprint density at radius 1 is 1.05 bits per heavy atom. The Morgan fingerprint density at radius 3 is 2.45 bits per heavy atom. The van der Waals surface area contributed by atoms with Crippen molar-refractivity contribution < 1.29 is 13.2 Å². The summed E-state index contributed by atoms with van der Waals surface area (Å²) in [5.74, 6) is 0. The summed E-state index contributed by atoms with van der Waals surface area (Å²) in [5, 5.41) is 0. The number of nitrogens with zero attached hydrogens (tertiary/aromatic N) is 1. The van der Waals surface area contributed by atoms with Crippen molar-refractivity contribution in [1.29, 1.82) is 0 Å². The van der Waals surface area contributed by atoms with Crippen LogP contribution in [0.2, 0.25) is 0 Å². The van der Waals surface area contributed by atoms with Crippen LogP contribution in [0.5, 0.6) is 0 Å². The van der Waals surface area contributed by atoms with Crippen LogP contribution < -0.4 is 5.73 Å². The van der Waals surface area contributed by atoms with Gasteiger partial charge in [0.1, 0.15) is 0 Å². The maximum Gasteiger partial charge on any atom is 0.416 e. The highest BCUT2D eigenvalue weighted by Gasteiger charge is 2.30. The second-order valence-corrected chi connectivity index (χ2v) is 5.64. The van der Waals surface area contributed by atoms with Crippen molar-refractivity contribution in [2.24, 2.45) is 0 Å². The molecule has 0 spiro atoms. The second-order valence-electron chi connectivity index (χ2n) is 5.64. The number of halogens is 3. The zero-order valence-electron chi connectivity index (χ0n) is 12.0. The minimum Gasteiger partial charge on any atom is -0.398 e. The number of anilines is 1. The summed E-state index contributed by atoms with van der Waals surface area (Å²) in [4.78, 5) is 2.21. The van der Waals surface area contributed by atoms with Crippen LogP contribution in [0.4, 0.5) is 18.9 Å². The van der Waals surface area contributed by atoms with Crippen molar-refractivity contribution in [2.45, 2.75) is 25.7 Å². The number of nitrogens with two attached hydrogens (primary N) is 1. The molecule has 0 aliphatic carbocycles. The van der Waals surface area contributed by atoms with E-state index in [1.165, 1.54) is 5.56 Å². The van der Waals surface area contributed by atoms with E-state index >= 15 is 0 Å². The Bertz CT molecular complexity index is 663. The van der Waals surface area contributed by atoms with Crippen LogP contribution >= 0.6 is 0 Å². The van der Waals surface area contributed by atoms with E-state index in [9.17, 15) is 13.2 Å². The van der Waals surface area contributed by atoms with Crippen LogP contribution in [-0.2, 0) is 25.7 Å². The lowest BCUT2D eigenvalue weighted by Gasteiger charge is -2.29. The zero-order chi connectivity index (χ0) is 15.7. The lowest BCUT2D eigenvalue weighted by Crippen LogP contribution is -2.30. The lowest BCUT2D eigenvalue weighted by molar-refractivity contribution is -0.137. The molecule has 0 unspecified atom stereocenters. The second kappa shape index (κ2) is 5.65. The maximum atomic E-state index is 12.6. The van der Waals surface area contributed by atoms with Crippen molar-refractivity contribution in [3.8, 4) is 0 Å². The Labute approximate surface area is 127 Å². The first kappa shape index (κ1) is 14.9. The van der Waals surface area contributed by atoms with E-state index in [1.54, 1.807) is 12.1 Å². The van der Waals surface area contributed by atoms with Crippen molar-refractivity contribution in [2.75, 3.05) is 12.3 Å². The Hall–Kier alpha value is -2.01. The molecular weight excluding hydrogens is 289 g/mol. The summed E-state index contributed by atoms with van der Waals surface area (Å²) in [6, 6.07) is 11.3.